The van der Waals surface area contributed by atoms with Gasteiger partial charge in [-0.2, -0.15) is 0 Å². The van der Waals surface area contributed by atoms with Gasteiger partial charge in [-0.15, -0.1) is 0 Å². The monoisotopic (exact) mass is 337 g/mol. The summed E-state index contributed by atoms with van der Waals surface area (Å²) in [5.74, 6) is 0. The molecule has 0 aliphatic rings. The molecule has 0 unspecified atom stereocenters. The predicted molar refractivity (Wildman–Crippen MR) is 107 cm³/mol. The molecule has 3 heteroatoms. The topological polar surface area (TPSA) is 12.5 Å². The first-order valence-electron chi connectivity index (χ1n) is 8.00. The largest absolute Gasteiger partial charge is 0.483 e. The summed E-state index contributed by atoms with van der Waals surface area (Å²) < 4.78 is 5.58. The lowest BCUT2D eigenvalue weighted by molar-refractivity contribution is 0.341. The van der Waals surface area contributed by atoms with Crippen molar-refractivity contribution in [1.82, 2.24) is 4.90 Å². The van der Waals surface area contributed by atoms with Crippen LogP contribution in [0.25, 0.3) is 11.3 Å². The molecule has 2 aromatic rings. The van der Waals surface area contributed by atoms with Crippen molar-refractivity contribution in [2.45, 2.75) is 6.92 Å². The van der Waals surface area contributed by atoms with E-state index >= 15 is 0 Å². The number of allylic oxidation sites excluding steroid dienone is 2. The number of nitrogens with zero attached hydrogens (tertiary/aromatic N) is 1. The van der Waals surface area contributed by atoms with Crippen molar-refractivity contribution >= 4 is 28.5 Å². The Morgan fingerprint density at radius 3 is 1.96 bits per heavy atom. The zero-order valence-electron chi connectivity index (χ0n) is 14.4. The molecule has 0 amide bonds. The van der Waals surface area contributed by atoms with Gasteiger partial charge in [0.05, 0.1) is 6.61 Å². The normalized spacial score (nSPS) is 12.0. The van der Waals surface area contributed by atoms with E-state index in [1.54, 1.807) is 0 Å². The molecule has 0 heterocycles. The van der Waals surface area contributed by atoms with Gasteiger partial charge in [-0.1, -0.05) is 60.7 Å². The van der Waals surface area contributed by atoms with E-state index in [4.69, 9.17) is 17.0 Å². The zero-order valence-corrected chi connectivity index (χ0v) is 15.2. The van der Waals surface area contributed by atoms with Crippen molar-refractivity contribution < 1.29 is 4.74 Å². The van der Waals surface area contributed by atoms with Crippen molar-refractivity contribution in [3.05, 3.63) is 83.9 Å². The first kappa shape index (κ1) is 18.0. The van der Waals surface area contributed by atoms with Gasteiger partial charge in [0.25, 0.3) is 0 Å². The molecule has 0 atom stereocenters. The lowest BCUT2D eigenvalue weighted by Gasteiger charge is -2.17. The third-order valence-electron chi connectivity index (χ3n) is 3.54. The number of rotatable bonds is 6. The molecule has 2 rings (SSSR count). The van der Waals surface area contributed by atoms with Gasteiger partial charge in [-0.25, -0.2) is 0 Å². The van der Waals surface area contributed by atoms with E-state index in [0.717, 1.165) is 22.4 Å². The minimum absolute atomic E-state index is 0.520. The predicted octanol–water partition coefficient (Wildman–Crippen LogP) is 5.04. The van der Waals surface area contributed by atoms with E-state index in [0.29, 0.717) is 11.7 Å². The van der Waals surface area contributed by atoms with E-state index in [-0.39, 0.29) is 0 Å². The SMILES string of the molecule is CCOC(=S)C(=CC=C(c1ccccc1)N(C)C)c1ccccc1. The lowest BCUT2D eigenvalue weighted by atomic mass is 10.0. The summed E-state index contributed by atoms with van der Waals surface area (Å²) in [5, 5.41) is 0.520. The van der Waals surface area contributed by atoms with Gasteiger partial charge >= 0.3 is 0 Å². The van der Waals surface area contributed by atoms with Crippen LogP contribution >= 0.6 is 12.2 Å². The molecule has 0 aliphatic heterocycles. The first-order chi connectivity index (χ1) is 11.6. The van der Waals surface area contributed by atoms with Gasteiger partial charge in [0.15, 0.2) is 5.05 Å². The molecule has 0 radical (unpaired) electrons. The van der Waals surface area contributed by atoms with Crippen LogP contribution in [0.1, 0.15) is 18.1 Å². The van der Waals surface area contributed by atoms with Gasteiger partial charge in [0, 0.05) is 25.4 Å². The maximum Gasteiger partial charge on any atom is 0.191 e. The highest BCUT2D eigenvalue weighted by Crippen LogP contribution is 2.21. The summed E-state index contributed by atoms with van der Waals surface area (Å²) in [6.07, 6.45) is 4.12. The summed E-state index contributed by atoms with van der Waals surface area (Å²) >= 11 is 5.46. The van der Waals surface area contributed by atoms with Gasteiger partial charge < -0.3 is 9.64 Å². The Morgan fingerprint density at radius 2 is 1.46 bits per heavy atom. The molecule has 24 heavy (non-hydrogen) atoms. The Kier molecular flexibility index (Phi) is 6.76. The van der Waals surface area contributed by atoms with Crippen molar-refractivity contribution in [2.24, 2.45) is 0 Å². The third-order valence-corrected chi connectivity index (χ3v) is 3.88. The fourth-order valence-electron chi connectivity index (χ4n) is 2.38. The molecule has 0 saturated heterocycles. The van der Waals surface area contributed by atoms with Gasteiger partial charge in [0.2, 0.25) is 0 Å². The summed E-state index contributed by atoms with van der Waals surface area (Å²) in [7, 11) is 4.07. The Balaban J connectivity index is 2.46. The van der Waals surface area contributed by atoms with E-state index in [2.05, 4.69) is 23.1 Å². The average molecular weight is 337 g/mol. The molecule has 0 aliphatic carbocycles. The van der Waals surface area contributed by atoms with Gasteiger partial charge in [-0.05, 0) is 42.4 Å². The fourth-order valence-corrected chi connectivity index (χ4v) is 2.69. The third kappa shape index (κ3) is 4.80. The highest BCUT2D eigenvalue weighted by Gasteiger charge is 2.09. The lowest BCUT2D eigenvalue weighted by Crippen LogP contribution is -2.10. The minimum Gasteiger partial charge on any atom is -0.483 e. The number of ether oxygens (including phenoxy) is 1. The highest BCUT2D eigenvalue weighted by molar-refractivity contribution is 7.81. The van der Waals surface area contributed by atoms with Crippen LogP contribution in [0.4, 0.5) is 0 Å². The van der Waals surface area contributed by atoms with E-state index < -0.39 is 0 Å². The summed E-state index contributed by atoms with van der Waals surface area (Å²) in [5.41, 5.74) is 4.25. The molecule has 0 fully saturated rings. The maximum atomic E-state index is 5.58. The Morgan fingerprint density at radius 1 is 0.917 bits per heavy atom. The molecular weight excluding hydrogens is 314 g/mol. The molecule has 2 nitrogen and oxygen atoms in total. The van der Waals surface area contributed by atoms with Gasteiger partial charge in [-0.3, -0.25) is 0 Å². The molecule has 0 aromatic heterocycles. The molecule has 0 bridgehead atoms. The van der Waals surface area contributed by atoms with Crippen LogP contribution in [0.15, 0.2) is 72.8 Å². The Labute approximate surface area is 150 Å². The van der Waals surface area contributed by atoms with Crippen LogP contribution in [-0.2, 0) is 4.74 Å². The number of hydrogen-bond donors (Lipinski definition) is 0. The van der Waals surface area contributed by atoms with Crippen molar-refractivity contribution in [3.8, 4) is 0 Å². The van der Waals surface area contributed by atoms with Crippen molar-refractivity contribution in [2.75, 3.05) is 20.7 Å². The van der Waals surface area contributed by atoms with Crippen molar-refractivity contribution in [3.63, 3.8) is 0 Å². The minimum atomic E-state index is 0.520. The molecular formula is C21H23NOS. The highest BCUT2D eigenvalue weighted by atomic mass is 32.1. The Bertz CT molecular complexity index is 718. The number of hydrogen-bond acceptors (Lipinski definition) is 3. The average Bonchev–Trinajstić information content (AvgIpc) is 2.60. The molecule has 0 N–H and O–H groups in total. The van der Waals surface area contributed by atoms with Crippen LogP contribution in [0.3, 0.4) is 0 Å². The van der Waals surface area contributed by atoms with E-state index in [1.807, 2.05) is 75.6 Å². The van der Waals surface area contributed by atoms with E-state index in [9.17, 15) is 0 Å². The van der Waals surface area contributed by atoms with Gasteiger partial charge in [0.1, 0.15) is 0 Å². The number of thiocarbonyl (C=S) groups is 1. The molecule has 124 valence electrons. The first-order valence-corrected chi connectivity index (χ1v) is 8.41. The summed E-state index contributed by atoms with van der Waals surface area (Å²) in [6, 6.07) is 20.4. The zero-order chi connectivity index (χ0) is 17.4. The fraction of sp³-hybridized carbons (Fsp3) is 0.190. The van der Waals surface area contributed by atoms with Crippen molar-refractivity contribution in [1.29, 1.82) is 0 Å². The smallest absolute Gasteiger partial charge is 0.191 e. The molecule has 0 spiro atoms. The second-order valence-electron chi connectivity index (χ2n) is 5.48. The maximum absolute atomic E-state index is 5.58. The summed E-state index contributed by atoms with van der Waals surface area (Å²) in [6.45, 7) is 2.51. The van der Waals surface area contributed by atoms with Crippen LogP contribution in [0.2, 0.25) is 0 Å². The molecule has 2 aromatic carbocycles. The Hall–Kier alpha value is -2.39. The quantitative estimate of drug-likeness (QED) is 0.416. The van der Waals surface area contributed by atoms with Crippen LogP contribution in [0.5, 0.6) is 0 Å². The second-order valence-corrected chi connectivity index (χ2v) is 5.85. The van der Waals surface area contributed by atoms with Crippen LogP contribution in [0, 0.1) is 0 Å². The number of benzene rings is 2. The molecule has 0 saturated carbocycles. The van der Waals surface area contributed by atoms with Crippen LogP contribution in [-0.4, -0.2) is 30.7 Å². The van der Waals surface area contributed by atoms with Crippen LogP contribution < -0.4 is 0 Å². The summed E-state index contributed by atoms with van der Waals surface area (Å²) in [4.78, 5) is 2.10. The van der Waals surface area contributed by atoms with E-state index in [1.165, 1.54) is 0 Å². The second kappa shape index (κ2) is 9.04. The standard InChI is InChI=1S/C21H23NOS/c1-4-23-21(24)19(17-11-7-5-8-12-17)15-16-20(22(2)3)18-13-9-6-10-14-18/h5-16H,4H2,1-3H3.